The first-order chi connectivity index (χ1) is 24.4. The summed E-state index contributed by atoms with van der Waals surface area (Å²) in [6.45, 7) is 11.9. The molecule has 2 aliphatic heterocycles. The quantitative estimate of drug-likeness (QED) is 0.0634. The van der Waals surface area contributed by atoms with E-state index in [9.17, 15) is 13.2 Å². The van der Waals surface area contributed by atoms with Crippen molar-refractivity contribution in [1.82, 2.24) is 0 Å². The van der Waals surface area contributed by atoms with Gasteiger partial charge < -0.3 is 23.7 Å². The Hall–Kier alpha value is -2.34. The summed E-state index contributed by atoms with van der Waals surface area (Å²) in [5.74, 6) is -0.613. The summed E-state index contributed by atoms with van der Waals surface area (Å²) in [5.41, 5.74) is 1.99. The monoisotopic (exact) mass is 730 g/mol. The second kappa shape index (κ2) is 20.2. The van der Waals surface area contributed by atoms with Crippen molar-refractivity contribution in [2.75, 3.05) is 20.3 Å². The van der Waals surface area contributed by atoms with Crippen molar-refractivity contribution in [2.45, 2.75) is 147 Å². The van der Waals surface area contributed by atoms with Gasteiger partial charge in [-0.3, -0.25) is 8.98 Å². The lowest BCUT2D eigenvalue weighted by Gasteiger charge is -2.36. The molecule has 2 saturated heterocycles. The van der Waals surface area contributed by atoms with E-state index in [4.69, 9.17) is 27.9 Å². The highest BCUT2D eigenvalue weighted by molar-refractivity contribution is 7.86. The fourth-order valence-corrected chi connectivity index (χ4v) is 8.10. The largest absolute Gasteiger partial charge is 0.469 e. The van der Waals surface area contributed by atoms with Crippen LogP contribution in [0.15, 0.2) is 65.1 Å². The number of methoxy groups -OCH3 is 1. The van der Waals surface area contributed by atoms with Crippen LogP contribution >= 0.6 is 0 Å². The number of allylic oxidation sites excluding steroid dienone is 4. The third kappa shape index (κ3) is 13.2. The molecule has 0 radical (unpaired) electrons. The molecule has 3 fully saturated rings. The molecule has 286 valence electrons. The average molecular weight is 731 g/mol. The van der Waals surface area contributed by atoms with Crippen molar-refractivity contribution in [3.8, 4) is 0 Å². The van der Waals surface area contributed by atoms with Crippen molar-refractivity contribution in [1.29, 1.82) is 0 Å². The molecule has 10 heteroatoms. The van der Waals surface area contributed by atoms with E-state index in [0.717, 1.165) is 50.5 Å². The van der Waals surface area contributed by atoms with Gasteiger partial charge in [-0.05, 0) is 108 Å². The van der Waals surface area contributed by atoms with Crippen LogP contribution in [0.25, 0.3) is 0 Å². The van der Waals surface area contributed by atoms with Crippen molar-refractivity contribution < 1.29 is 41.1 Å². The highest BCUT2D eigenvalue weighted by Crippen LogP contribution is 2.43. The van der Waals surface area contributed by atoms with Gasteiger partial charge in [0, 0.05) is 32.0 Å². The molecule has 0 spiro atoms. The van der Waals surface area contributed by atoms with E-state index in [-0.39, 0.29) is 52.9 Å². The molecule has 0 aromatic heterocycles. The van der Waals surface area contributed by atoms with Crippen LogP contribution < -0.4 is 0 Å². The topological polar surface area (TPSA) is 107 Å². The number of esters is 1. The number of hydrogen-bond acceptors (Lipinski definition) is 9. The Morgan fingerprint density at radius 3 is 2.29 bits per heavy atom. The van der Waals surface area contributed by atoms with Gasteiger partial charge in [0.2, 0.25) is 0 Å². The molecule has 4 rings (SSSR count). The Bertz CT molecular complexity index is 1400. The van der Waals surface area contributed by atoms with Crippen LogP contribution in [0.2, 0.25) is 0 Å². The van der Waals surface area contributed by atoms with E-state index in [2.05, 4.69) is 58.1 Å². The molecule has 1 aromatic rings. The van der Waals surface area contributed by atoms with Crippen molar-refractivity contribution in [3.05, 3.63) is 65.8 Å². The zero-order valence-electron chi connectivity index (χ0n) is 31.7. The van der Waals surface area contributed by atoms with Crippen LogP contribution in [-0.4, -0.2) is 65.6 Å². The standard InChI is InChI=1S/C41H62O9S/c1-30(2)25-26-41(4,5)37(49-40-18-12-14-28-47-40)24-23-34-33(15-9-7-8-10-16-38(42)45-6)36(29-35(34)48-39-17-11-13-27-46-39)50-51(43,44)32-21-19-31(3)20-22-32/h7,9,19-25,33-37,39-40H,8,10-18,26-29H2,1-6H3/b9-7-,24-23+/t33-,34-,35-,36-,37-,39?,40?/m1/s1. The van der Waals surface area contributed by atoms with E-state index in [0.29, 0.717) is 45.3 Å². The van der Waals surface area contributed by atoms with Gasteiger partial charge >= 0.3 is 5.97 Å². The number of benzene rings is 1. The molecule has 7 atom stereocenters. The first-order valence-corrected chi connectivity index (χ1v) is 20.4. The number of hydrogen-bond donors (Lipinski definition) is 0. The molecule has 0 N–H and O–H groups in total. The lowest BCUT2D eigenvalue weighted by Crippen LogP contribution is -2.36. The van der Waals surface area contributed by atoms with Gasteiger partial charge in [-0.25, -0.2) is 0 Å². The maximum Gasteiger partial charge on any atom is 0.305 e. The number of carbonyl (C=O) groups is 1. The summed E-state index contributed by atoms with van der Waals surface area (Å²) in [6, 6.07) is 6.76. The molecule has 3 aliphatic rings. The van der Waals surface area contributed by atoms with E-state index in [1.807, 2.05) is 6.92 Å². The van der Waals surface area contributed by atoms with Gasteiger partial charge in [-0.1, -0.05) is 67.5 Å². The molecule has 2 unspecified atom stereocenters. The van der Waals surface area contributed by atoms with Gasteiger partial charge in [0.05, 0.1) is 30.3 Å². The minimum absolute atomic E-state index is 0.138. The van der Waals surface area contributed by atoms with Crippen LogP contribution in [0, 0.1) is 24.2 Å². The molecule has 9 nitrogen and oxygen atoms in total. The molecule has 0 bridgehead atoms. The van der Waals surface area contributed by atoms with Crippen molar-refractivity contribution >= 4 is 16.1 Å². The highest BCUT2D eigenvalue weighted by Gasteiger charge is 2.46. The average Bonchev–Trinajstić information content (AvgIpc) is 3.41. The fourth-order valence-electron chi connectivity index (χ4n) is 6.98. The van der Waals surface area contributed by atoms with Crippen LogP contribution in [0.1, 0.15) is 110 Å². The van der Waals surface area contributed by atoms with Crippen LogP contribution in [0.5, 0.6) is 0 Å². The minimum atomic E-state index is -4.05. The molecule has 2 heterocycles. The summed E-state index contributed by atoms with van der Waals surface area (Å²) < 4.78 is 63.8. The summed E-state index contributed by atoms with van der Waals surface area (Å²) in [6.07, 6.45) is 18.2. The van der Waals surface area contributed by atoms with Gasteiger partial charge in [0.1, 0.15) is 0 Å². The number of unbranched alkanes of at least 4 members (excludes halogenated alkanes) is 1. The molecule has 1 aromatic carbocycles. The molecule has 0 amide bonds. The fraction of sp³-hybridized carbons (Fsp3) is 0.683. The summed E-state index contributed by atoms with van der Waals surface area (Å²) >= 11 is 0. The van der Waals surface area contributed by atoms with Gasteiger partial charge in [-0.2, -0.15) is 8.42 Å². The second-order valence-electron chi connectivity index (χ2n) is 15.2. The zero-order chi connectivity index (χ0) is 36.9. The van der Waals surface area contributed by atoms with Gasteiger partial charge in [0.25, 0.3) is 10.1 Å². The number of aryl methyl sites for hydroxylation is 1. The molecule has 51 heavy (non-hydrogen) atoms. The van der Waals surface area contributed by atoms with E-state index >= 15 is 0 Å². The Labute approximate surface area is 307 Å². The Morgan fingerprint density at radius 2 is 1.67 bits per heavy atom. The number of rotatable bonds is 18. The van der Waals surface area contributed by atoms with Crippen molar-refractivity contribution in [2.24, 2.45) is 17.3 Å². The predicted octanol–water partition coefficient (Wildman–Crippen LogP) is 8.76. The highest BCUT2D eigenvalue weighted by atomic mass is 32.2. The van der Waals surface area contributed by atoms with Crippen molar-refractivity contribution in [3.63, 3.8) is 0 Å². The molecular formula is C41H62O9S. The molecule has 1 aliphatic carbocycles. The summed E-state index contributed by atoms with van der Waals surface area (Å²) in [4.78, 5) is 11.8. The van der Waals surface area contributed by atoms with Gasteiger partial charge in [-0.15, -0.1) is 0 Å². The third-order valence-electron chi connectivity index (χ3n) is 10.2. The Kier molecular flexibility index (Phi) is 16.4. The van der Waals surface area contributed by atoms with Crippen LogP contribution in [-0.2, 0) is 42.8 Å². The van der Waals surface area contributed by atoms with E-state index in [1.54, 1.807) is 24.3 Å². The van der Waals surface area contributed by atoms with Gasteiger partial charge in [0.15, 0.2) is 12.6 Å². The molecule has 1 saturated carbocycles. The lowest BCUT2D eigenvalue weighted by molar-refractivity contribution is -0.197. The van der Waals surface area contributed by atoms with Crippen LogP contribution in [0.3, 0.4) is 0 Å². The first kappa shape index (κ1) is 41.4. The predicted molar refractivity (Wildman–Crippen MR) is 198 cm³/mol. The number of ether oxygens (including phenoxy) is 5. The van der Waals surface area contributed by atoms with Crippen LogP contribution in [0.4, 0.5) is 0 Å². The smallest absolute Gasteiger partial charge is 0.305 e. The summed E-state index contributed by atoms with van der Waals surface area (Å²) in [7, 11) is -2.65. The summed E-state index contributed by atoms with van der Waals surface area (Å²) in [5, 5.41) is 0. The van der Waals surface area contributed by atoms with E-state index < -0.39 is 16.2 Å². The SMILES string of the molecule is COC(=O)CCC/C=C\C[C@@H]1[C@@H](/C=C/[C@@H](OC2CCCCO2)C(C)(C)CC=C(C)C)[C@H](OC2CCCCO2)C[C@H]1OS(=O)(=O)c1ccc(C)cc1. The Balaban J connectivity index is 1.66. The maximum atomic E-state index is 13.7. The maximum absolute atomic E-state index is 13.7. The zero-order valence-corrected chi connectivity index (χ0v) is 32.5. The van der Waals surface area contributed by atoms with E-state index in [1.165, 1.54) is 12.7 Å². The third-order valence-corrected chi connectivity index (χ3v) is 11.5. The first-order valence-electron chi connectivity index (χ1n) is 19.0. The Morgan fingerprint density at radius 1 is 0.980 bits per heavy atom. The minimum Gasteiger partial charge on any atom is -0.469 e. The molecular weight excluding hydrogens is 669 g/mol. The normalized spacial score (nSPS) is 26.8. The number of carbonyl (C=O) groups excluding carboxylic acids is 1. The lowest BCUT2D eigenvalue weighted by atomic mass is 9.81. The second-order valence-corrected chi connectivity index (χ2v) is 16.8.